The summed E-state index contributed by atoms with van der Waals surface area (Å²) in [6.07, 6.45) is 4.78. The average molecular weight is 400 g/mol. The fraction of sp³-hybridized carbons (Fsp3) is 0.550. The molecule has 0 radical (unpaired) electrons. The Kier molecular flexibility index (Phi) is 6.07. The van der Waals surface area contributed by atoms with Gasteiger partial charge in [-0.3, -0.25) is 9.89 Å². The fourth-order valence-corrected chi connectivity index (χ4v) is 4.81. The van der Waals surface area contributed by atoms with Crippen LogP contribution >= 0.6 is 11.3 Å². The molecule has 0 aromatic carbocycles. The van der Waals surface area contributed by atoms with Gasteiger partial charge in [0.2, 0.25) is 5.95 Å². The second-order valence-electron chi connectivity index (χ2n) is 7.39. The van der Waals surface area contributed by atoms with Crippen molar-refractivity contribution in [2.24, 2.45) is 4.99 Å². The first-order valence-corrected chi connectivity index (χ1v) is 10.9. The number of rotatable bonds is 4. The van der Waals surface area contributed by atoms with Crippen molar-refractivity contribution in [1.82, 2.24) is 25.1 Å². The largest absolute Gasteiger partial charge is 0.355 e. The van der Waals surface area contributed by atoms with Gasteiger partial charge in [-0.2, -0.15) is 0 Å². The average Bonchev–Trinajstić information content (AvgIpc) is 3.23. The summed E-state index contributed by atoms with van der Waals surface area (Å²) in [5.74, 6) is 1.81. The van der Waals surface area contributed by atoms with Crippen molar-refractivity contribution < 1.29 is 0 Å². The van der Waals surface area contributed by atoms with Crippen LogP contribution in [0.25, 0.3) is 0 Å². The Morgan fingerprint density at radius 2 is 2.00 bits per heavy atom. The van der Waals surface area contributed by atoms with Crippen LogP contribution in [0.1, 0.15) is 17.4 Å². The van der Waals surface area contributed by atoms with E-state index in [9.17, 15) is 0 Å². The van der Waals surface area contributed by atoms with Crippen LogP contribution in [0, 0.1) is 0 Å². The number of anilines is 1. The fourth-order valence-electron chi connectivity index (χ4n) is 3.92. The van der Waals surface area contributed by atoms with Gasteiger partial charge in [0.05, 0.1) is 0 Å². The first-order valence-electron chi connectivity index (χ1n) is 10.0. The Hall–Kier alpha value is -2.19. The molecular weight excluding hydrogens is 370 g/mol. The van der Waals surface area contributed by atoms with E-state index in [1.54, 1.807) is 17.3 Å². The van der Waals surface area contributed by atoms with Crippen LogP contribution in [0.15, 0.2) is 34.9 Å². The lowest BCUT2D eigenvalue weighted by molar-refractivity contribution is 0.191. The van der Waals surface area contributed by atoms with Crippen LogP contribution < -0.4 is 10.2 Å². The summed E-state index contributed by atoms with van der Waals surface area (Å²) >= 11 is 1.90. The molecule has 1 unspecified atom stereocenters. The summed E-state index contributed by atoms with van der Waals surface area (Å²) in [5, 5.41) is 5.82. The first kappa shape index (κ1) is 19.1. The lowest BCUT2D eigenvalue weighted by Crippen LogP contribution is -2.54. The Bertz CT molecular complexity index is 783. The van der Waals surface area contributed by atoms with E-state index in [1.165, 1.54) is 12.0 Å². The number of thiophene rings is 1. The third-order valence-corrected chi connectivity index (χ3v) is 6.67. The number of nitrogens with zero attached hydrogens (tertiary/aromatic N) is 6. The van der Waals surface area contributed by atoms with Gasteiger partial charge in [0.1, 0.15) is 0 Å². The van der Waals surface area contributed by atoms with Gasteiger partial charge in [-0.15, -0.1) is 11.3 Å². The Balaban J connectivity index is 1.26. The third kappa shape index (κ3) is 4.28. The van der Waals surface area contributed by atoms with Crippen LogP contribution in [0.5, 0.6) is 0 Å². The molecule has 28 heavy (non-hydrogen) atoms. The number of fused-ring (bicyclic) bond motifs is 1. The normalized spacial score (nSPS) is 19.4. The molecule has 4 rings (SSSR count). The molecule has 0 bridgehead atoms. The van der Waals surface area contributed by atoms with Gasteiger partial charge < -0.3 is 15.1 Å². The van der Waals surface area contributed by atoms with E-state index < -0.39 is 0 Å². The van der Waals surface area contributed by atoms with Crippen LogP contribution in [0.4, 0.5) is 5.95 Å². The van der Waals surface area contributed by atoms with E-state index in [2.05, 4.69) is 53.3 Å². The molecule has 0 amide bonds. The zero-order valence-corrected chi connectivity index (χ0v) is 17.5. The Morgan fingerprint density at radius 3 is 2.75 bits per heavy atom. The van der Waals surface area contributed by atoms with E-state index in [4.69, 9.17) is 0 Å². The Morgan fingerprint density at radius 1 is 1.21 bits per heavy atom. The van der Waals surface area contributed by atoms with Crippen molar-refractivity contribution in [3.8, 4) is 0 Å². The highest BCUT2D eigenvalue weighted by Crippen LogP contribution is 2.25. The highest BCUT2D eigenvalue weighted by Gasteiger charge is 2.24. The predicted octanol–water partition coefficient (Wildman–Crippen LogP) is 1.68. The van der Waals surface area contributed by atoms with Gasteiger partial charge in [0.15, 0.2) is 5.96 Å². The van der Waals surface area contributed by atoms with Crippen LogP contribution in [0.3, 0.4) is 0 Å². The minimum Gasteiger partial charge on any atom is -0.355 e. The number of hydrogen-bond acceptors (Lipinski definition) is 6. The van der Waals surface area contributed by atoms with Crippen LogP contribution in [-0.2, 0) is 13.0 Å². The van der Waals surface area contributed by atoms with Crippen molar-refractivity contribution >= 4 is 23.2 Å². The van der Waals surface area contributed by atoms with Gasteiger partial charge in [-0.05, 0) is 36.4 Å². The lowest BCUT2D eigenvalue weighted by atomic mass is 10.1. The summed E-state index contributed by atoms with van der Waals surface area (Å²) in [4.78, 5) is 21.9. The molecule has 2 aromatic rings. The van der Waals surface area contributed by atoms with Crippen molar-refractivity contribution in [2.75, 3.05) is 51.2 Å². The monoisotopic (exact) mass is 399 g/mol. The molecule has 1 atom stereocenters. The molecule has 1 N–H and O–H groups in total. The highest BCUT2D eigenvalue weighted by molar-refractivity contribution is 7.10. The molecule has 1 fully saturated rings. The topological polar surface area (TPSA) is 59.9 Å². The number of aliphatic imine (C=N–C) groups is 1. The molecule has 0 saturated carbocycles. The number of hydrogen-bond donors (Lipinski definition) is 1. The predicted molar refractivity (Wildman–Crippen MR) is 115 cm³/mol. The van der Waals surface area contributed by atoms with Crippen molar-refractivity contribution in [2.45, 2.75) is 25.9 Å². The van der Waals surface area contributed by atoms with Crippen molar-refractivity contribution in [3.63, 3.8) is 0 Å². The molecule has 150 valence electrons. The zero-order chi connectivity index (χ0) is 19.3. The van der Waals surface area contributed by atoms with Gasteiger partial charge in [0.25, 0.3) is 0 Å². The van der Waals surface area contributed by atoms with Crippen LogP contribution in [0.2, 0.25) is 0 Å². The maximum absolute atomic E-state index is 4.52. The quantitative estimate of drug-likeness (QED) is 0.624. The van der Waals surface area contributed by atoms with E-state index in [-0.39, 0.29) is 0 Å². The smallest absolute Gasteiger partial charge is 0.225 e. The number of piperazine rings is 1. The summed E-state index contributed by atoms with van der Waals surface area (Å²) < 4.78 is 0. The number of aromatic nitrogens is 2. The summed E-state index contributed by atoms with van der Waals surface area (Å²) in [6.45, 7) is 9.10. The molecule has 2 aliphatic rings. The molecule has 7 nitrogen and oxygen atoms in total. The lowest BCUT2D eigenvalue weighted by Gasteiger charge is -2.37. The highest BCUT2D eigenvalue weighted by atomic mass is 32.1. The Labute approximate surface area is 171 Å². The maximum atomic E-state index is 4.52. The molecule has 4 heterocycles. The minimum atomic E-state index is 0.476. The zero-order valence-electron chi connectivity index (χ0n) is 16.7. The molecule has 2 aromatic heterocycles. The summed E-state index contributed by atoms with van der Waals surface area (Å²) in [6, 6.07) is 4.61. The molecule has 0 aliphatic carbocycles. The molecule has 0 spiro atoms. The third-order valence-electron chi connectivity index (χ3n) is 5.64. The number of nitrogens with one attached hydrogen (secondary N) is 1. The van der Waals surface area contributed by atoms with E-state index in [1.807, 2.05) is 24.5 Å². The van der Waals surface area contributed by atoms with E-state index >= 15 is 0 Å². The molecular formula is C20H29N7S. The molecule has 8 heteroatoms. The van der Waals surface area contributed by atoms with E-state index in [0.29, 0.717) is 6.04 Å². The summed E-state index contributed by atoms with van der Waals surface area (Å²) in [5.41, 5.74) is 1.51. The van der Waals surface area contributed by atoms with Gasteiger partial charge >= 0.3 is 0 Å². The summed E-state index contributed by atoms with van der Waals surface area (Å²) in [7, 11) is 1.87. The van der Waals surface area contributed by atoms with Crippen molar-refractivity contribution in [3.05, 3.63) is 40.3 Å². The second kappa shape index (κ2) is 8.87. The van der Waals surface area contributed by atoms with Gasteiger partial charge in [-0.25, -0.2) is 9.97 Å². The van der Waals surface area contributed by atoms with E-state index in [0.717, 1.165) is 57.7 Å². The van der Waals surface area contributed by atoms with Gasteiger partial charge in [0, 0.05) is 76.2 Å². The van der Waals surface area contributed by atoms with Crippen LogP contribution in [-0.4, -0.2) is 78.1 Å². The SMILES string of the molecule is CN=C(NCC(C)N1CCc2sccc2C1)N1CCN(c2ncccn2)CC1. The molecule has 1 saturated heterocycles. The minimum absolute atomic E-state index is 0.476. The standard InChI is InChI=1S/C20H29N7S/c1-16(27-8-4-18-17(15-27)5-13-28-18)14-24-19(21-2)25-9-11-26(12-10-25)20-22-6-3-7-23-20/h3,5-7,13,16H,4,8-12,14-15H2,1-2H3,(H,21,24). The molecule has 2 aliphatic heterocycles. The second-order valence-corrected chi connectivity index (χ2v) is 8.39. The van der Waals surface area contributed by atoms with Crippen molar-refractivity contribution in [1.29, 1.82) is 0 Å². The van der Waals surface area contributed by atoms with Gasteiger partial charge in [-0.1, -0.05) is 0 Å². The maximum Gasteiger partial charge on any atom is 0.225 e. The first-order chi connectivity index (χ1) is 13.7. The number of guanidine groups is 1.